The van der Waals surface area contributed by atoms with E-state index in [1.54, 1.807) is 18.2 Å². The van der Waals surface area contributed by atoms with Gasteiger partial charge in [0.25, 0.3) is 5.91 Å². The number of ether oxygens (including phenoxy) is 1. The maximum atomic E-state index is 12.5. The highest BCUT2D eigenvalue weighted by atomic mass is 35.5. The van der Waals surface area contributed by atoms with E-state index >= 15 is 0 Å². The Morgan fingerprint density at radius 1 is 1.36 bits per heavy atom. The molecule has 2 bridgehead atoms. The average Bonchev–Trinajstić information content (AvgIpc) is 2.92. The molecule has 0 saturated heterocycles. The third-order valence-electron chi connectivity index (χ3n) is 5.05. The molecule has 3 N–H and O–H groups in total. The molecule has 1 amide bonds. The van der Waals surface area contributed by atoms with Gasteiger partial charge >= 0.3 is 0 Å². The van der Waals surface area contributed by atoms with Crippen LogP contribution >= 0.6 is 11.6 Å². The third kappa shape index (κ3) is 2.11. The summed E-state index contributed by atoms with van der Waals surface area (Å²) in [7, 11) is 0. The number of nitrogens with one attached hydrogen (secondary N) is 1. The number of rotatable bonds is 2. The second-order valence-electron chi connectivity index (χ2n) is 6.86. The van der Waals surface area contributed by atoms with E-state index in [9.17, 15) is 9.59 Å². The van der Waals surface area contributed by atoms with Crippen LogP contribution < -0.4 is 15.8 Å². The Morgan fingerprint density at radius 3 is 2.82 bits per heavy atom. The molecule has 6 heteroatoms. The molecule has 116 valence electrons. The summed E-state index contributed by atoms with van der Waals surface area (Å²) in [4.78, 5) is 24.6. The zero-order valence-electron chi connectivity index (χ0n) is 12.0. The van der Waals surface area contributed by atoms with E-state index < -0.39 is 6.10 Å². The van der Waals surface area contributed by atoms with Gasteiger partial charge in [0.2, 0.25) is 0 Å². The number of hydrogen-bond acceptors (Lipinski definition) is 4. The first-order valence-corrected chi connectivity index (χ1v) is 7.86. The summed E-state index contributed by atoms with van der Waals surface area (Å²) in [6, 6.07) is 4.87. The van der Waals surface area contributed by atoms with Crippen molar-refractivity contribution in [2.45, 2.75) is 49.3 Å². The number of carbonyl (C=O) groups is 2. The van der Waals surface area contributed by atoms with Crippen molar-refractivity contribution in [3.63, 3.8) is 0 Å². The van der Waals surface area contributed by atoms with E-state index in [4.69, 9.17) is 22.1 Å². The molecule has 0 spiro atoms. The quantitative estimate of drug-likeness (QED) is 0.871. The minimum absolute atomic E-state index is 0.0447. The Labute approximate surface area is 133 Å². The number of ketones is 1. The molecule has 1 aromatic carbocycles. The lowest BCUT2D eigenvalue weighted by Crippen LogP contribution is -2.63. The topological polar surface area (TPSA) is 81.4 Å². The van der Waals surface area contributed by atoms with Crippen LogP contribution in [0.15, 0.2) is 18.2 Å². The fourth-order valence-corrected chi connectivity index (χ4v) is 4.25. The second kappa shape index (κ2) is 4.46. The van der Waals surface area contributed by atoms with Gasteiger partial charge in [-0.2, -0.15) is 0 Å². The summed E-state index contributed by atoms with van der Waals surface area (Å²) in [6.07, 6.45) is 2.76. The summed E-state index contributed by atoms with van der Waals surface area (Å²) in [5, 5.41) is 3.54. The van der Waals surface area contributed by atoms with Gasteiger partial charge in [-0.15, -0.1) is 0 Å². The molecular weight excluding hydrogens is 304 g/mol. The SMILES string of the molecule is NC12CCC(NC(=O)C3CC(=O)c4cc(Cl)ccc4O3)(C1)C2. The van der Waals surface area contributed by atoms with Crippen LogP contribution in [-0.2, 0) is 4.79 Å². The van der Waals surface area contributed by atoms with Crippen molar-refractivity contribution in [1.29, 1.82) is 0 Å². The van der Waals surface area contributed by atoms with Gasteiger partial charge in [0.15, 0.2) is 11.9 Å². The molecule has 3 saturated carbocycles. The minimum atomic E-state index is -0.774. The van der Waals surface area contributed by atoms with E-state index in [2.05, 4.69) is 5.32 Å². The lowest BCUT2D eigenvalue weighted by molar-refractivity contribution is -0.131. The lowest BCUT2D eigenvalue weighted by atomic mass is 9.71. The monoisotopic (exact) mass is 320 g/mol. The predicted octanol–water partition coefficient (Wildman–Crippen LogP) is 1.81. The molecule has 22 heavy (non-hydrogen) atoms. The van der Waals surface area contributed by atoms with Crippen molar-refractivity contribution in [2.24, 2.45) is 5.73 Å². The Balaban J connectivity index is 1.49. The maximum absolute atomic E-state index is 12.5. The number of nitrogens with two attached hydrogens (primary N) is 1. The first-order chi connectivity index (χ1) is 10.4. The van der Waals surface area contributed by atoms with Gasteiger partial charge in [0.05, 0.1) is 12.0 Å². The van der Waals surface area contributed by atoms with Gasteiger partial charge in [-0.05, 0) is 43.9 Å². The Kier molecular flexibility index (Phi) is 2.84. The van der Waals surface area contributed by atoms with E-state index in [0.717, 1.165) is 25.7 Å². The van der Waals surface area contributed by atoms with E-state index in [1.807, 2.05) is 0 Å². The summed E-state index contributed by atoms with van der Waals surface area (Å²) in [6.45, 7) is 0. The van der Waals surface area contributed by atoms with Crippen LogP contribution in [0.1, 0.15) is 42.5 Å². The molecule has 1 aliphatic heterocycles. The van der Waals surface area contributed by atoms with Gasteiger partial charge in [0, 0.05) is 16.1 Å². The highest BCUT2D eigenvalue weighted by molar-refractivity contribution is 6.31. The van der Waals surface area contributed by atoms with Crippen LogP contribution in [0.4, 0.5) is 0 Å². The van der Waals surface area contributed by atoms with E-state index in [-0.39, 0.29) is 29.2 Å². The Hall–Kier alpha value is -1.59. The first kappa shape index (κ1) is 14.0. The fraction of sp³-hybridized carbons (Fsp3) is 0.500. The van der Waals surface area contributed by atoms with Crippen molar-refractivity contribution in [1.82, 2.24) is 5.32 Å². The number of halogens is 1. The summed E-state index contributed by atoms with van der Waals surface area (Å²) < 4.78 is 5.69. The molecule has 4 aliphatic rings. The van der Waals surface area contributed by atoms with Crippen LogP contribution in [0.3, 0.4) is 0 Å². The highest BCUT2D eigenvalue weighted by Crippen LogP contribution is 2.53. The zero-order valence-corrected chi connectivity index (χ0v) is 12.8. The van der Waals surface area contributed by atoms with E-state index in [0.29, 0.717) is 16.3 Å². The number of carbonyl (C=O) groups excluding carboxylic acids is 2. The molecule has 0 radical (unpaired) electrons. The van der Waals surface area contributed by atoms with Gasteiger partial charge in [-0.3, -0.25) is 9.59 Å². The van der Waals surface area contributed by atoms with Crippen LogP contribution in [0.5, 0.6) is 5.75 Å². The predicted molar refractivity (Wildman–Crippen MR) is 81.1 cm³/mol. The molecule has 1 atom stereocenters. The maximum Gasteiger partial charge on any atom is 0.261 e. The molecule has 5 nitrogen and oxygen atoms in total. The van der Waals surface area contributed by atoms with Crippen molar-refractivity contribution in [2.75, 3.05) is 0 Å². The molecule has 1 heterocycles. The van der Waals surface area contributed by atoms with Crippen molar-refractivity contribution < 1.29 is 14.3 Å². The van der Waals surface area contributed by atoms with Crippen LogP contribution in [-0.4, -0.2) is 28.9 Å². The van der Waals surface area contributed by atoms with Gasteiger partial charge in [-0.1, -0.05) is 11.6 Å². The van der Waals surface area contributed by atoms with Crippen molar-refractivity contribution in [3.8, 4) is 5.75 Å². The molecule has 5 rings (SSSR count). The van der Waals surface area contributed by atoms with Crippen LogP contribution in [0.2, 0.25) is 5.02 Å². The van der Waals surface area contributed by atoms with Crippen molar-refractivity contribution >= 4 is 23.3 Å². The largest absolute Gasteiger partial charge is 0.479 e. The van der Waals surface area contributed by atoms with E-state index in [1.165, 1.54) is 0 Å². The number of benzene rings is 1. The molecule has 3 fully saturated rings. The summed E-state index contributed by atoms with van der Waals surface area (Å²) >= 11 is 5.89. The molecule has 1 unspecified atom stereocenters. The average molecular weight is 321 g/mol. The van der Waals surface area contributed by atoms with Crippen LogP contribution in [0.25, 0.3) is 0 Å². The van der Waals surface area contributed by atoms with Crippen LogP contribution in [0, 0.1) is 0 Å². The molecule has 1 aromatic rings. The van der Waals surface area contributed by atoms with Crippen molar-refractivity contribution in [3.05, 3.63) is 28.8 Å². The normalized spacial score (nSPS) is 35.4. The standard InChI is InChI=1S/C16H17ClN2O3/c17-9-1-2-12-10(5-9)11(20)6-13(22-12)14(21)19-16-4-3-15(18,7-16)8-16/h1-2,5,13H,3-4,6-8,18H2,(H,19,21). The first-order valence-electron chi connectivity index (χ1n) is 7.49. The third-order valence-corrected chi connectivity index (χ3v) is 5.28. The molecule has 0 aromatic heterocycles. The van der Waals surface area contributed by atoms with Gasteiger partial charge in [0.1, 0.15) is 5.75 Å². The summed E-state index contributed by atoms with van der Waals surface area (Å²) in [5.74, 6) is 0.0824. The lowest BCUT2D eigenvalue weighted by Gasteiger charge is -2.46. The summed E-state index contributed by atoms with van der Waals surface area (Å²) in [5.41, 5.74) is 6.30. The molecule has 3 aliphatic carbocycles. The molecular formula is C16H17ClN2O3. The number of amides is 1. The number of hydrogen-bond donors (Lipinski definition) is 2. The number of fused-ring (bicyclic) bond motifs is 2. The van der Waals surface area contributed by atoms with Gasteiger partial charge < -0.3 is 15.8 Å². The van der Waals surface area contributed by atoms with Gasteiger partial charge in [-0.25, -0.2) is 0 Å². The number of Topliss-reactive ketones (excluding diaryl/α,β-unsaturated/α-hetero) is 1. The Bertz CT molecular complexity index is 682. The Morgan fingerprint density at radius 2 is 2.14 bits per heavy atom. The minimum Gasteiger partial charge on any atom is -0.479 e. The fourth-order valence-electron chi connectivity index (χ4n) is 4.07. The second-order valence-corrected chi connectivity index (χ2v) is 7.30. The highest BCUT2D eigenvalue weighted by Gasteiger charge is 2.59. The smallest absolute Gasteiger partial charge is 0.261 e. The zero-order chi connectivity index (χ0) is 15.5.